The summed E-state index contributed by atoms with van der Waals surface area (Å²) in [5.74, 6) is -0.669. The number of aliphatic hydroxyl groups is 1. The van der Waals surface area contributed by atoms with Crippen LogP contribution in [0.1, 0.15) is 10.4 Å². The summed E-state index contributed by atoms with van der Waals surface area (Å²) in [5, 5.41) is 11.7. The number of halogens is 1. The van der Waals surface area contributed by atoms with Gasteiger partial charge in [0.05, 0.1) is 13.3 Å². The van der Waals surface area contributed by atoms with Gasteiger partial charge in [0, 0.05) is 38.3 Å². The molecule has 0 unspecified atom stereocenters. The number of nitrogens with one attached hydrogen (secondary N) is 1. The Hall–Kier alpha value is -1.50. The van der Waals surface area contributed by atoms with Crippen molar-refractivity contribution in [2.45, 2.75) is 0 Å². The summed E-state index contributed by atoms with van der Waals surface area (Å²) in [6.45, 7) is 4.81. The Morgan fingerprint density at radius 3 is 2.60 bits per heavy atom. The number of carbonyl (C=O) groups is 1. The van der Waals surface area contributed by atoms with Crippen molar-refractivity contribution in [3.8, 4) is 0 Å². The van der Waals surface area contributed by atoms with Gasteiger partial charge in [-0.2, -0.15) is 0 Å². The van der Waals surface area contributed by atoms with Crippen LogP contribution in [-0.2, 0) is 0 Å². The molecule has 1 aromatic carbocycles. The quantitative estimate of drug-likeness (QED) is 0.805. The summed E-state index contributed by atoms with van der Waals surface area (Å²) in [4.78, 5) is 16.2. The van der Waals surface area contributed by atoms with E-state index in [1.165, 1.54) is 18.2 Å². The molecule has 5 nitrogen and oxygen atoms in total. The van der Waals surface area contributed by atoms with Crippen LogP contribution in [-0.4, -0.2) is 66.8 Å². The van der Waals surface area contributed by atoms with Crippen molar-refractivity contribution in [2.24, 2.45) is 0 Å². The normalized spacial score (nSPS) is 17.1. The zero-order valence-corrected chi connectivity index (χ0v) is 11.4. The third kappa shape index (κ3) is 4.26. The lowest BCUT2D eigenvalue weighted by molar-refractivity contribution is 0.0847. The molecule has 1 fully saturated rings. The molecule has 0 radical (unpaired) electrons. The zero-order chi connectivity index (χ0) is 14.4. The van der Waals surface area contributed by atoms with Crippen LogP contribution in [0.15, 0.2) is 24.3 Å². The molecule has 20 heavy (non-hydrogen) atoms. The molecule has 0 bridgehead atoms. The standard InChI is InChI=1S/C14H20FN3O2/c15-13-3-1-2-12(10-13)14(20)16-11-18-6-4-17(5-7-18)8-9-19/h1-3,10,19H,4-9,11H2,(H,16,20). The van der Waals surface area contributed by atoms with Gasteiger partial charge in [-0.1, -0.05) is 6.07 Å². The average molecular weight is 281 g/mol. The van der Waals surface area contributed by atoms with Crippen molar-refractivity contribution in [1.29, 1.82) is 0 Å². The minimum atomic E-state index is -0.407. The highest BCUT2D eigenvalue weighted by atomic mass is 19.1. The zero-order valence-electron chi connectivity index (χ0n) is 11.4. The van der Waals surface area contributed by atoms with Gasteiger partial charge in [-0.3, -0.25) is 14.6 Å². The maximum atomic E-state index is 13.0. The highest BCUT2D eigenvalue weighted by Crippen LogP contribution is 2.04. The molecule has 0 aromatic heterocycles. The molecule has 2 N–H and O–H groups in total. The molecular weight excluding hydrogens is 261 g/mol. The summed E-state index contributed by atoms with van der Waals surface area (Å²) in [7, 11) is 0. The second kappa shape index (κ2) is 7.33. The number of piperazine rings is 1. The molecule has 1 aromatic rings. The number of hydrogen-bond donors (Lipinski definition) is 2. The molecule has 1 heterocycles. The summed E-state index contributed by atoms with van der Waals surface area (Å²) in [6, 6.07) is 5.67. The van der Waals surface area contributed by atoms with Crippen LogP contribution in [0.4, 0.5) is 4.39 Å². The van der Waals surface area contributed by atoms with E-state index in [-0.39, 0.29) is 12.5 Å². The Morgan fingerprint density at radius 2 is 1.95 bits per heavy atom. The minimum Gasteiger partial charge on any atom is -0.395 e. The van der Waals surface area contributed by atoms with E-state index in [1.54, 1.807) is 6.07 Å². The molecular formula is C14H20FN3O2. The van der Waals surface area contributed by atoms with E-state index in [4.69, 9.17) is 5.11 Å². The maximum absolute atomic E-state index is 13.0. The number of aliphatic hydroxyl groups excluding tert-OH is 1. The van der Waals surface area contributed by atoms with E-state index in [0.29, 0.717) is 18.8 Å². The van der Waals surface area contributed by atoms with E-state index >= 15 is 0 Å². The van der Waals surface area contributed by atoms with Gasteiger partial charge in [-0.15, -0.1) is 0 Å². The van der Waals surface area contributed by atoms with Crippen molar-refractivity contribution in [2.75, 3.05) is 46.0 Å². The van der Waals surface area contributed by atoms with E-state index in [9.17, 15) is 9.18 Å². The topological polar surface area (TPSA) is 55.8 Å². The van der Waals surface area contributed by atoms with Crippen molar-refractivity contribution in [3.63, 3.8) is 0 Å². The maximum Gasteiger partial charge on any atom is 0.252 e. The van der Waals surface area contributed by atoms with E-state index in [0.717, 1.165) is 26.2 Å². The number of rotatable bonds is 5. The molecule has 1 aliphatic heterocycles. The molecule has 1 saturated heterocycles. The Labute approximate surface area is 118 Å². The van der Waals surface area contributed by atoms with Crippen molar-refractivity contribution in [3.05, 3.63) is 35.6 Å². The summed E-state index contributed by atoms with van der Waals surface area (Å²) in [5.41, 5.74) is 0.337. The van der Waals surface area contributed by atoms with Gasteiger partial charge < -0.3 is 10.4 Å². The summed E-state index contributed by atoms with van der Waals surface area (Å²) >= 11 is 0. The first-order chi connectivity index (χ1) is 9.69. The molecule has 110 valence electrons. The number of nitrogens with zero attached hydrogens (tertiary/aromatic N) is 2. The van der Waals surface area contributed by atoms with Gasteiger partial charge in [0.15, 0.2) is 0 Å². The molecule has 1 amide bonds. The van der Waals surface area contributed by atoms with Crippen LogP contribution >= 0.6 is 0 Å². The van der Waals surface area contributed by atoms with Crippen molar-refractivity contribution >= 4 is 5.91 Å². The first kappa shape index (κ1) is 14.9. The molecule has 0 atom stereocenters. The highest BCUT2D eigenvalue weighted by Gasteiger charge is 2.16. The predicted molar refractivity (Wildman–Crippen MR) is 73.8 cm³/mol. The summed E-state index contributed by atoms with van der Waals surface area (Å²) in [6.07, 6.45) is 0. The van der Waals surface area contributed by atoms with Gasteiger partial charge in [0.1, 0.15) is 5.82 Å². The second-order valence-corrected chi connectivity index (χ2v) is 4.86. The number of hydrogen-bond acceptors (Lipinski definition) is 4. The highest BCUT2D eigenvalue weighted by molar-refractivity contribution is 5.94. The van der Waals surface area contributed by atoms with E-state index in [1.807, 2.05) is 0 Å². The number of carbonyl (C=O) groups excluding carboxylic acids is 1. The first-order valence-corrected chi connectivity index (χ1v) is 6.78. The van der Waals surface area contributed by atoms with Crippen LogP contribution in [0.3, 0.4) is 0 Å². The predicted octanol–water partition coefficient (Wildman–Crippen LogP) is 0.123. The average Bonchev–Trinajstić information content (AvgIpc) is 2.46. The summed E-state index contributed by atoms with van der Waals surface area (Å²) < 4.78 is 13.0. The molecule has 6 heteroatoms. The van der Waals surface area contributed by atoms with Crippen LogP contribution < -0.4 is 5.32 Å². The molecule has 0 spiro atoms. The number of amides is 1. The third-order valence-corrected chi connectivity index (χ3v) is 3.43. The fourth-order valence-electron chi connectivity index (χ4n) is 2.23. The van der Waals surface area contributed by atoms with E-state index in [2.05, 4.69) is 15.1 Å². The monoisotopic (exact) mass is 281 g/mol. The Kier molecular flexibility index (Phi) is 5.46. The second-order valence-electron chi connectivity index (χ2n) is 4.86. The lowest BCUT2D eigenvalue weighted by atomic mass is 10.2. The fourth-order valence-corrected chi connectivity index (χ4v) is 2.23. The SMILES string of the molecule is O=C(NCN1CCN(CCO)CC1)c1cccc(F)c1. The molecule has 2 rings (SSSR count). The Morgan fingerprint density at radius 1 is 1.25 bits per heavy atom. The smallest absolute Gasteiger partial charge is 0.252 e. The van der Waals surface area contributed by atoms with Gasteiger partial charge in [-0.25, -0.2) is 4.39 Å². The third-order valence-electron chi connectivity index (χ3n) is 3.43. The van der Waals surface area contributed by atoms with Crippen LogP contribution in [0.25, 0.3) is 0 Å². The van der Waals surface area contributed by atoms with Crippen molar-refractivity contribution in [1.82, 2.24) is 15.1 Å². The van der Waals surface area contributed by atoms with Crippen LogP contribution in [0, 0.1) is 5.82 Å². The lowest BCUT2D eigenvalue weighted by Crippen LogP contribution is -2.50. The number of benzene rings is 1. The van der Waals surface area contributed by atoms with E-state index < -0.39 is 5.82 Å². The first-order valence-electron chi connectivity index (χ1n) is 6.78. The molecule has 0 aliphatic carbocycles. The molecule has 1 aliphatic rings. The molecule has 0 saturated carbocycles. The largest absolute Gasteiger partial charge is 0.395 e. The minimum absolute atomic E-state index is 0.177. The Bertz CT molecular complexity index is 448. The van der Waals surface area contributed by atoms with Crippen molar-refractivity contribution < 1.29 is 14.3 Å². The van der Waals surface area contributed by atoms with Gasteiger partial charge in [0.2, 0.25) is 0 Å². The lowest BCUT2D eigenvalue weighted by Gasteiger charge is -2.34. The van der Waals surface area contributed by atoms with Gasteiger partial charge >= 0.3 is 0 Å². The van der Waals surface area contributed by atoms with Gasteiger partial charge in [-0.05, 0) is 18.2 Å². The van der Waals surface area contributed by atoms with Crippen LogP contribution in [0.2, 0.25) is 0 Å². The van der Waals surface area contributed by atoms with Gasteiger partial charge in [0.25, 0.3) is 5.91 Å². The Balaban J connectivity index is 1.74. The van der Waals surface area contributed by atoms with Crippen LogP contribution in [0.5, 0.6) is 0 Å². The fraction of sp³-hybridized carbons (Fsp3) is 0.500. The number of β-amino-alcohol motifs (C(OH)–C–C–N with tert-alkyl or cyclic N) is 1.